The minimum absolute atomic E-state index is 0.0647. The lowest BCUT2D eigenvalue weighted by atomic mass is 10.1. The second-order valence-corrected chi connectivity index (χ2v) is 4.75. The summed E-state index contributed by atoms with van der Waals surface area (Å²) in [7, 11) is 0. The predicted molar refractivity (Wildman–Crippen MR) is 60.7 cm³/mol. The van der Waals surface area contributed by atoms with Gasteiger partial charge < -0.3 is 10.1 Å². The van der Waals surface area contributed by atoms with Gasteiger partial charge in [-0.25, -0.2) is 8.78 Å². The summed E-state index contributed by atoms with van der Waals surface area (Å²) >= 11 is 0.662. The third-order valence-electron chi connectivity index (χ3n) is 2.46. The molecule has 0 aliphatic carbocycles. The number of halogens is 2. The van der Waals surface area contributed by atoms with Crippen molar-refractivity contribution < 1.29 is 18.3 Å². The average molecular weight is 278 g/mol. The number of amides is 1. The molecule has 2 rings (SSSR count). The van der Waals surface area contributed by atoms with E-state index in [0.29, 0.717) is 24.5 Å². The van der Waals surface area contributed by atoms with Crippen LogP contribution in [0.25, 0.3) is 0 Å². The van der Waals surface area contributed by atoms with Crippen LogP contribution in [0, 0.1) is 0 Å². The van der Waals surface area contributed by atoms with E-state index in [2.05, 4.69) is 20.8 Å². The van der Waals surface area contributed by atoms with Gasteiger partial charge in [-0.2, -0.15) is 0 Å². The molecule has 2 N–H and O–H groups in total. The Morgan fingerprint density at radius 2 is 2.39 bits per heavy atom. The largest absolute Gasteiger partial charge is 0.375 e. The predicted octanol–water partition coefficient (Wildman–Crippen LogP) is 0.791. The summed E-state index contributed by atoms with van der Waals surface area (Å²) in [4.78, 5) is 11.9. The molecule has 6 nitrogen and oxygen atoms in total. The number of carbonyl (C=O) groups is 1. The Morgan fingerprint density at radius 1 is 1.61 bits per heavy atom. The van der Waals surface area contributed by atoms with Gasteiger partial charge in [-0.1, -0.05) is 11.3 Å². The molecular formula is C9H12F2N4O2S. The summed E-state index contributed by atoms with van der Waals surface area (Å²) in [6, 6.07) is -0.516. The molecule has 1 fully saturated rings. The summed E-state index contributed by atoms with van der Waals surface area (Å²) in [5.41, 5.74) is 0. The first kappa shape index (κ1) is 13.2. The Labute approximate surface area is 106 Å². The highest BCUT2D eigenvalue weighted by molar-refractivity contribution is 7.15. The number of nitrogens with one attached hydrogen (secondary N) is 2. The lowest BCUT2D eigenvalue weighted by molar-refractivity contribution is -0.123. The van der Waals surface area contributed by atoms with Gasteiger partial charge in [0.25, 0.3) is 6.43 Å². The van der Waals surface area contributed by atoms with Crippen LogP contribution in [0.15, 0.2) is 0 Å². The van der Waals surface area contributed by atoms with Crippen molar-refractivity contribution in [1.82, 2.24) is 15.5 Å². The second kappa shape index (κ2) is 5.63. The van der Waals surface area contributed by atoms with E-state index >= 15 is 0 Å². The lowest BCUT2D eigenvalue weighted by Crippen LogP contribution is -2.53. The fraction of sp³-hybridized carbons (Fsp3) is 0.667. The number of anilines is 1. The van der Waals surface area contributed by atoms with Crippen LogP contribution in [0.3, 0.4) is 0 Å². The average Bonchev–Trinajstić information content (AvgIpc) is 2.78. The molecule has 1 aromatic rings. The first-order valence-corrected chi connectivity index (χ1v) is 6.17. The molecule has 0 aromatic carbocycles. The van der Waals surface area contributed by atoms with Crippen LogP contribution < -0.4 is 10.6 Å². The lowest BCUT2D eigenvalue weighted by Gasteiger charge is -2.28. The third-order valence-corrected chi connectivity index (χ3v) is 3.30. The van der Waals surface area contributed by atoms with Gasteiger partial charge in [-0.15, -0.1) is 10.2 Å². The normalized spacial score (nSPS) is 24.2. The molecule has 100 valence electrons. The molecule has 1 aliphatic rings. The molecule has 1 aliphatic heterocycles. The van der Waals surface area contributed by atoms with Crippen LogP contribution in [0.5, 0.6) is 0 Å². The van der Waals surface area contributed by atoms with Crippen molar-refractivity contribution in [2.75, 3.05) is 18.5 Å². The van der Waals surface area contributed by atoms with E-state index < -0.39 is 17.5 Å². The number of alkyl halides is 2. The Balaban J connectivity index is 1.97. The van der Waals surface area contributed by atoms with Crippen molar-refractivity contribution in [3.8, 4) is 0 Å². The molecule has 0 unspecified atom stereocenters. The van der Waals surface area contributed by atoms with E-state index in [-0.39, 0.29) is 17.1 Å². The van der Waals surface area contributed by atoms with Gasteiger partial charge >= 0.3 is 0 Å². The monoisotopic (exact) mass is 278 g/mol. The number of rotatable bonds is 3. The minimum Gasteiger partial charge on any atom is -0.375 e. The Bertz CT molecular complexity index is 428. The molecule has 2 atom stereocenters. The molecule has 9 heteroatoms. The number of hydrogen-bond acceptors (Lipinski definition) is 6. The molecule has 1 saturated heterocycles. The maximum Gasteiger partial charge on any atom is 0.291 e. The molecule has 0 radical (unpaired) electrons. The van der Waals surface area contributed by atoms with E-state index in [1.54, 1.807) is 6.92 Å². The highest BCUT2D eigenvalue weighted by atomic mass is 32.1. The van der Waals surface area contributed by atoms with Crippen LogP contribution in [0.1, 0.15) is 18.4 Å². The maximum absolute atomic E-state index is 12.3. The summed E-state index contributed by atoms with van der Waals surface area (Å²) in [6.07, 6.45) is -2.95. The van der Waals surface area contributed by atoms with E-state index in [1.807, 2.05) is 0 Å². The number of morpholine rings is 1. The van der Waals surface area contributed by atoms with Gasteiger partial charge in [0.15, 0.2) is 5.01 Å². The van der Waals surface area contributed by atoms with Crippen molar-refractivity contribution >= 4 is 22.4 Å². The van der Waals surface area contributed by atoms with Gasteiger partial charge in [-0.05, 0) is 6.92 Å². The van der Waals surface area contributed by atoms with Crippen molar-refractivity contribution in [3.63, 3.8) is 0 Å². The van der Waals surface area contributed by atoms with Crippen molar-refractivity contribution in [3.05, 3.63) is 5.01 Å². The fourth-order valence-electron chi connectivity index (χ4n) is 1.58. The van der Waals surface area contributed by atoms with Crippen molar-refractivity contribution in [1.29, 1.82) is 0 Å². The number of ether oxygens (including phenoxy) is 1. The van der Waals surface area contributed by atoms with Crippen LogP contribution >= 0.6 is 11.3 Å². The van der Waals surface area contributed by atoms with Crippen molar-refractivity contribution in [2.45, 2.75) is 25.5 Å². The molecular weight excluding hydrogens is 266 g/mol. The van der Waals surface area contributed by atoms with Crippen LogP contribution in [-0.2, 0) is 9.53 Å². The maximum atomic E-state index is 12.3. The Kier molecular flexibility index (Phi) is 4.15. The van der Waals surface area contributed by atoms with E-state index in [0.717, 1.165) is 0 Å². The molecule has 0 spiro atoms. The zero-order valence-electron chi connectivity index (χ0n) is 9.52. The fourth-order valence-corrected chi connectivity index (χ4v) is 2.19. The summed E-state index contributed by atoms with van der Waals surface area (Å²) in [5.74, 6) is -0.362. The van der Waals surface area contributed by atoms with Crippen LogP contribution in [0.4, 0.5) is 13.9 Å². The number of carbonyl (C=O) groups excluding carboxylic acids is 1. The van der Waals surface area contributed by atoms with Crippen LogP contribution in [-0.4, -0.2) is 41.4 Å². The zero-order chi connectivity index (χ0) is 13.1. The highest BCUT2D eigenvalue weighted by Gasteiger charge is 2.29. The minimum atomic E-state index is -2.68. The molecule has 0 bridgehead atoms. The Morgan fingerprint density at radius 3 is 3.00 bits per heavy atom. The van der Waals surface area contributed by atoms with Crippen molar-refractivity contribution in [2.24, 2.45) is 0 Å². The highest BCUT2D eigenvalue weighted by Crippen LogP contribution is 2.25. The van der Waals surface area contributed by atoms with Gasteiger partial charge in [0.1, 0.15) is 6.04 Å². The third kappa shape index (κ3) is 2.98. The summed E-state index contributed by atoms with van der Waals surface area (Å²) in [5, 5.41) is 11.9. The summed E-state index contributed by atoms with van der Waals surface area (Å²) < 4.78 is 29.9. The van der Waals surface area contributed by atoms with E-state index in [1.165, 1.54) is 0 Å². The zero-order valence-corrected chi connectivity index (χ0v) is 10.3. The molecule has 0 saturated carbocycles. The number of nitrogens with zero attached hydrogens (tertiary/aromatic N) is 2. The smallest absolute Gasteiger partial charge is 0.291 e. The number of aromatic nitrogens is 2. The van der Waals surface area contributed by atoms with Gasteiger partial charge in [0.05, 0.1) is 12.7 Å². The topological polar surface area (TPSA) is 76.1 Å². The molecule has 1 amide bonds. The quantitative estimate of drug-likeness (QED) is 0.855. The van der Waals surface area contributed by atoms with E-state index in [9.17, 15) is 13.6 Å². The van der Waals surface area contributed by atoms with Gasteiger partial charge in [-0.3, -0.25) is 10.1 Å². The number of hydrogen-bond donors (Lipinski definition) is 2. The van der Waals surface area contributed by atoms with Gasteiger partial charge in [0, 0.05) is 6.54 Å². The summed E-state index contributed by atoms with van der Waals surface area (Å²) in [6.45, 7) is 2.88. The second-order valence-electron chi connectivity index (χ2n) is 3.74. The van der Waals surface area contributed by atoms with E-state index in [4.69, 9.17) is 4.74 Å². The molecule has 18 heavy (non-hydrogen) atoms. The molecule has 2 heterocycles. The first-order chi connectivity index (χ1) is 8.58. The SMILES string of the molecule is C[C@H]1OCCN[C@@H]1C(=O)Nc1nnc(C(F)F)s1. The standard InChI is InChI=1S/C9H12F2N4O2S/c1-4-5(12-2-3-17-4)7(16)13-9-15-14-8(18-9)6(10)11/h4-6,12H,2-3H2,1H3,(H,13,15,16)/t4-,5+/m1/s1. The Hall–Kier alpha value is -1.19. The molecule has 1 aromatic heterocycles. The van der Waals surface area contributed by atoms with Crippen LogP contribution in [0.2, 0.25) is 0 Å². The van der Waals surface area contributed by atoms with Gasteiger partial charge in [0.2, 0.25) is 11.0 Å². The first-order valence-electron chi connectivity index (χ1n) is 5.35.